The lowest BCUT2D eigenvalue weighted by atomic mass is 9.77. The van der Waals surface area contributed by atoms with Crippen LogP contribution in [0.2, 0.25) is 0 Å². The summed E-state index contributed by atoms with van der Waals surface area (Å²) < 4.78 is 36.1. The molecule has 2 fully saturated rings. The highest BCUT2D eigenvalue weighted by Crippen LogP contribution is 2.46. The Kier molecular flexibility index (Phi) is 5.32. The van der Waals surface area contributed by atoms with Crippen molar-refractivity contribution in [1.82, 2.24) is 0 Å². The van der Waals surface area contributed by atoms with Gasteiger partial charge in [0, 0.05) is 0 Å². The maximum Gasteiger partial charge on any atom is 0.295 e. The maximum absolute atomic E-state index is 12.8. The summed E-state index contributed by atoms with van der Waals surface area (Å²) in [7, 11) is -4.31. The van der Waals surface area contributed by atoms with Crippen molar-refractivity contribution in [3.63, 3.8) is 0 Å². The SMILES string of the molecule is O=S(=O)(O)c1c(C2CCCCC2)cc2cc3ccccc3cc2c1C1CCCCC1. The molecule has 0 radical (unpaired) electrons. The van der Waals surface area contributed by atoms with E-state index in [9.17, 15) is 13.0 Å². The van der Waals surface area contributed by atoms with E-state index in [1.807, 2.05) is 12.1 Å². The minimum absolute atomic E-state index is 0.197. The largest absolute Gasteiger partial charge is 0.295 e. The van der Waals surface area contributed by atoms with E-state index < -0.39 is 10.1 Å². The van der Waals surface area contributed by atoms with E-state index in [0.717, 1.165) is 78.7 Å². The number of benzene rings is 3. The van der Waals surface area contributed by atoms with Crippen molar-refractivity contribution in [1.29, 1.82) is 0 Å². The van der Waals surface area contributed by atoms with E-state index in [-0.39, 0.29) is 16.7 Å². The number of hydrogen-bond acceptors (Lipinski definition) is 2. The molecule has 0 bridgehead atoms. The van der Waals surface area contributed by atoms with Gasteiger partial charge in [-0.25, -0.2) is 0 Å². The molecule has 4 heteroatoms. The topological polar surface area (TPSA) is 54.4 Å². The molecule has 0 saturated heterocycles. The van der Waals surface area contributed by atoms with Crippen LogP contribution in [0.3, 0.4) is 0 Å². The Bertz CT molecular complexity index is 1180. The second kappa shape index (κ2) is 7.97. The Labute approximate surface area is 179 Å². The summed E-state index contributed by atoms with van der Waals surface area (Å²) in [5, 5.41) is 4.41. The predicted molar refractivity (Wildman–Crippen MR) is 123 cm³/mol. The highest BCUT2D eigenvalue weighted by molar-refractivity contribution is 7.86. The monoisotopic (exact) mass is 422 g/mol. The van der Waals surface area contributed by atoms with Crippen LogP contribution in [0.25, 0.3) is 21.5 Å². The molecule has 5 rings (SSSR count). The van der Waals surface area contributed by atoms with Crippen molar-refractivity contribution in [3.8, 4) is 0 Å². The molecular weight excluding hydrogens is 392 g/mol. The Morgan fingerprint density at radius 3 is 1.87 bits per heavy atom. The zero-order valence-electron chi connectivity index (χ0n) is 17.4. The summed E-state index contributed by atoms with van der Waals surface area (Å²) in [5.41, 5.74) is 1.75. The fourth-order valence-corrected chi connectivity index (χ4v) is 7.00. The third-order valence-electron chi connectivity index (χ3n) is 7.34. The van der Waals surface area contributed by atoms with Crippen molar-refractivity contribution in [2.24, 2.45) is 0 Å². The summed E-state index contributed by atoms with van der Waals surface area (Å²) in [6.07, 6.45) is 10.9. The van der Waals surface area contributed by atoms with Gasteiger partial charge in [-0.3, -0.25) is 4.55 Å². The molecule has 30 heavy (non-hydrogen) atoms. The lowest BCUT2D eigenvalue weighted by Crippen LogP contribution is -2.17. The van der Waals surface area contributed by atoms with Crippen LogP contribution in [-0.2, 0) is 10.1 Å². The normalized spacial score (nSPS) is 19.5. The minimum Gasteiger partial charge on any atom is -0.282 e. The number of rotatable bonds is 3. The Balaban J connectivity index is 1.86. The standard InChI is InChI=1S/C26H30O3S/c27-30(28,29)26-24(18-9-3-1-4-10-18)17-22-15-20-13-7-8-14-21(20)16-23(22)25(26)19-11-5-2-6-12-19/h7-8,13-19H,1-6,9-12H2,(H,27,28,29). The van der Waals surface area contributed by atoms with Crippen LogP contribution in [0.1, 0.15) is 87.2 Å². The van der Waals surface area contributed by atoms with Gasteiger partial charge in [0.1, 0.15) is 4.90 Å². The summed E-state index contributed by atoms with van der Waals surface area (Å²) in [6, 6.07) is 14.7. The smallest absolute Gasteiger partial charge is 0.282 e. The zero-order valence-corrected chi connectivity index (χ0v) is 18.3. The molecule has 0 amide bonds. The summed E-state index contributed by atoms with van der Waals surface area (Å²) in [5.74, 6) is 0.414. The van der Waals surface area contributed by atoms with Crippen molar-refractivity contribution in [2.75, 3.05) is 0 Å². The van der Waals surface area contributed by atoms with Crippen LogP contribution < -0.4 is 0 Å². The molecule has 2 aliphatic rings. The molecule has 0 atom stereocenters. The van der Waals surface area contributed by atoms with Gasteiger partial charge in [-0.05, 0) is 88.4 Å². The van der Waals surface area contributed by atoms with Gasteiger partial charge in [-0.1, -0.05) is 62.8 Å². The molecule has 1 N–H and O–H groups in total. The number of hydrogen-bond donors (Lipinski definition) is 1. The first-order chi connectivity index (χ1) is 14.5. The molecule has 0 aliphatic heterocycles. The van der Waals surface area contributed by atoms with Crippen molar-refractivity contribution in [2.45, 2.75) is 80.9 Å². The summed E-state index contributed by atoms with van der Waals surface area (Å²) >= 11 is 0. The van der Waals surface area contributed by atoms with Gasteiger partial charge in [0.25, 0.3) is 10.1 Å². The molecule has 0 aromatic heterocycles. The van der Waals surface area contributed by atoms with Crippen LogP contribution in [0.5, 0.6) is 0 Å². The second-order valence-electron chi connectivity index (χ2n) is 9.27. The van der Waals surface area contributed by atoms with Crippen molar-refractivity contribution < 1.29 is 13.0 Å². The minimum atomic E-state index is -4.31. The van der Waals surface area contributed by atoms with Crippen LogP contribution in [0.4, 0.5) is 0 Å². The van der Waals surface area contributed by atoms with Crippen LogP contribution in [0, 0.1) is 0 Å². The van der Waals surface area contributed by atoms with E-state index in [2.05, 4.69) is 30.3 Å². The van der Waals surface area contributed by atoms with Gasteiger partial charge < -0.3 is 0 Å². The van der Waals surface area contributed by atoms with Gasteiger partial charge in [0.05, 0.1) is 0 Å². The lowest BCUT2D eigenvalue weighted by molar-refractivity contribution is 0.421. The molecule has 0 spiro atoms. The Hall–Kier alpha value is -1.91. The van der Waals surface area contributed by atoms with Crippen molar-refractivity contribution >= 4 is 31.7 Å². The Morgan fingerprint density at radius 1 is 0.700 bits per heavy atom. The molecule has 158 valence electrons. The molecule has 0 unspecified atom stereocenters. The molecule has 3 aromatic carbocycles. The first kappa shape index (κ1) is 20.0. The summed E-state index contributed by atoms with van der Waals surface area (Å²) in [4.78, 5) is 0.240. The highest BCUT2D eigenvalue weighted by Gasteiger charge is 2.32. The average Bonchev–Trinajstić information content (AvgIpc) is 2.77. The third-order valence-corrected chi connectivity index (χ3v) is 8.31. The zero-order chi connectivity index (χ0) is 20.7. The second-order valence-corrected chi connectivity index (χ2v) is 10.6. The van der Waals surface area contributed by atoms with Gasteiger partial charge in [0.15, 0.2) is 0 Å². The fraction of sp³-hybridized carbons (Fsp3) is 0.462. The van der Waals surface area contributed by atoms with E-state index in [1.165, 1.54) is 18.2 Å². The molecule has 3 nitrogen and oxygen atoms in total. The Morgan fingerprint density at radius 2 is 1.27 bits per heavy atom. The van der Waals surface area contributed by atoms with Crippen LogP contribution in [-0.4, -0.2) is 13.0 Å². The van der Waals surface area contributed by atoms with Crippen molar-refractivity contribution in [3.05, 3.63) is 53.6 Å². The van der Waals surface area contributed by atoms with E-state index >= 15 is 0 Å². The maximum atomic E-state index is 12.8. The first-order valence-corrected chi connectivity index (χ1v) is 12.9. The van der Waals surface area contributed by atoms with Gasteiger partial charge in [0.2, 0.25) is 0 Å². The number of fused-ring (bicyclic) bond motifs is 2. The molecule has 2 saturated carbocycles. The summed E-state index contributed by atoms with van der Waals surface area (Å²) in [6.45, 7) is 0. The predicted octanol–water partition coefficient (Wildman–Crippen LogP) is 7.34. The lowest BCUT2D eigenvalue weighted by Gasteiger charge is -2.30. The third kappa shape index (κ3) is 3.65. The quantitative estimate of drug-likeness (QED) is 0.355. The van der Waals surface area contributed by atoms with E-state index in [4.69, 9.17) is 0 Å². The van der Waals surface area contributed by atoms with Gasteiger partial charge in [-0.2, -0.15) is 8.42 Å². The van der Waals surface area contributed by atoms with E-state index in [1.54, 1.807) is 0 Å². The molecule has 2 aliphatic carbocycles. The first-order valence-electron chi connectivity index (χ1n) is 11.5. The van der Waals surface area contributed by atoms with Gasteiger partial charge in [-0.15, -0.1) is 0 Å². The highest BCUT2D eigenvalue weighted by atomic mass is 32.2. The molecular formula is C26H30O3S. The van der Waals surface area contributed by atoms with Crippen LogP contribution in [0.15, 0.2) is 47.4 Å². The average molecular weight is 423 g/mol. The molecule has 3 aromatic rings. The van der Waals surface area contributed by atoms with Crippen LogP contribution >= 0.6 is 0 Å². The van der Waals surface area contributed by atoms with Gasteiger partial charge >= 0.3 is 0 Å². The fourth-order valence-electron chi connectivity index (χ4n) is 5.92. The molecule has 0 heterocycles. The van der Waals surface area contributed by atoms with E-state index in [0.29, 0.717) is 0 Å².